The van der Waals surface area contributed by atoms with Crippen LogP contribution in [0.1, 0.15) is 34.7 Å². The summed E-state index contributed by atoms with van der Waals surface area (Å²) in [6, 6.07) is 9.59. The maximum Gasteiger partial charge on any atom is 0.340 e. The summed E-state index contributed by atoms with van der Waals surface area (Å²) in [5, 5.41) is 0. The van der Waals surface area contributed by atoms with Crippen LogP contribution in [0.4, 0.5) is 4.39 Å². The second kappa shape index (κ2) is 7.39. The molecular formula is C20H18FNO4. The highest BCUT2D eigenvalue weighted by atomic mass is 19.1. The molecule has 3 rings (SSSR count). The number of carbonyl (C=O) groups excluding carboxylic acids is 2. The summed E-state index contributed by atoms with van der Waals surface area (Å²) in [5.41, 5.74) is 1.76. The van der Waals surface area contributed by atoms with Crippen molar-refractivity contribution in [3.63, 3.8) is 0 Å². The molecule has 0 saturated carbocycles. The van der Waals surface area contributed by atoms with Gasteiger partial charge in [-0.25, -0.2) is 9.18 Å². The lowest BCUT2D eigenvalue weighted by Crippen LogP contribution is -2.06. The largest absolute Gasteiger partial charge is 0.491 e. The van der Waals surface area contributed by atoms with Gasteiger partial charge in [0.05, 0.1) is 30.0 Å². The number of aldehydes is 1. The van der Waals surface area contributed by atoms with Gasteiger partial charge in [0.15, 0.2) is 17.9 Å². The molecule has 0 unspecified atom stereocenters. The van der Waals surface area contributed by atoms with Gasteiger partial charge >= 0.3 is 5.97 Å². The molecule has 0 bridgehead atoms. The Bertz CT molecular complexity index is 977. The maximum atomic E-state index is 14.4. The number of aromatic nitrogens is 1. The first kappa shape index (κ1) is 17.7. The zero-order valence-electron chi connectivity index (χ0n) is 14.5. The molecule has 0 saturated heterocycles. The fraction of sp³-hybridized carbons (Fsp3) is 0.200. The van der Waals surface area contributed by atoms with Gasteiger partial charge in [-0.15, -0.1) is 0 Å². The number of halogens is 1. The molecule has 0 radical (unpaired) electrons. The zero-order valence-corrected chi connectivity index (χ0v) is 14.5. The summed E-state index contributed by atoms with van der Waals surface area (Å²) < 4.78 is 26.3. The van der Waals surface area contributed by atoms with E-state index in [2.05, 4.69) is 0 Å². The van der Waals surface area contributed by atoms with Crippen LogP contribution in [0, 0.1) is 5.82 Å². The van der Waals surface area contributed by atoms with Crippen LogP contribution in [0.25, 0.3) is 16.6 Å². The van der Waals surface area contributed by atoms with E-state index in [4.69, 9.17) is 9.47 Å². The fourth-order valence-corrected chi connectivity index (χ4v) is 2.98. The molecule has 0 aliphatic carbocycles. The minimum absolute atomic E-state index is 0.116. The molecule has 0 fully saturated rings. The average Bonchev–Trinajstić information content (AvgIpc) is 2.98. The van der Waals surface area contributed by atoms with Crippen molar-refractivity contribution in [1.29, 1.82) is 0 Å². The summed E-state index contributed by atoms with van der Waals surface area (Å²) in [6.45, 7) is 3.99. The number of pyridine rings is 1. The maximum absolute atomic E-state index is 14.4. The number of hydrogen-bond donors (Lipinski definition) is 0. The minimum atomic E-state index is -0.564. The molecular weight excluding hydrogens is 337 g/mol. The van der Waals surface area contributed by atoms with Gasteiger partial charge in [-0.1, -0.05) is 12.1 Å². The Hall–Kier alpha value is -3.15. The molecule has 0 spiro atoms. The molecule has 5 nitrogen and oxygen atoms in total. The number of hydrogen-bond acceptors (Lipinski definition) is 4. The number of esters is 1. The third-order valence-electron chi connectivity index (χ3n) is 3.99. The Kier molecular flexibility index (Phi) is 5.02. The second-order valence-electron chi connectivity index (χ2n) is 5.51. The summed E-state index contributed by atoms with van der Waals surface area (Å²) in [5.74, 6) is -1.01. The van der Waals surface area contributed by atoms with E-state index in [9.17, 15) is 14.0 Å². The number of benzene rings is 1. The first-order valence-electron chi connectivity index (χ1n) is 8.30. The quantitative estimate of drug-likeness (QED) is 0.493. The van der Waals surface area contributed by atoms with Crippen LogP contribution >= 0.6 is 0 Å². The number of ether oxygens (including phenoxy) is 2. The fourth-order valence-electron chi connectivity index (χ4n) is 2.98. The molecule has 134 valence electrons. The molecule has 2 aromatic heterocycles. The highest BCUT2D eigenvalue weighted by Crippen LogP contribution is 2.35. The monoisotopic (exact) mass is 355 g/mol. The van der Waals surface area contributed by atoms with Gasteiger partial charge < -0.3 is 13.9 Å². The summed E-state index contributed by atoms with van der Waals surface area (Å²) >= 11 is 0. The topological polar surface area (TPSA) is 57.0 Å². The molecule has 0 amide bonds. The van der Waals surface area contributed by atoms with Gasteiger partial charge in [0.1, 0.15) is 0 Å². The van der Waals surface area contributed by atoms with E-state index < -0.39 is 11.8 Å². The van der Waals surface area contributed by atoms with Crippen LogP contribution in [0.3, 0.4) is 0 Å². The minimum Gasteiger partial charge on any atom is -0.491 e. The van der Waals surface area contributed by atoms with E-state index in [1.807, 2.05) is 0 Å². The van der Waals surface area contributed by atoms with Crippen molar-refractivity contribution in [1.82, 2.24) is 4.40 Å². The van der Waals surface area contributed by atoms with Crippen molar-refractivity contribution in [2.45, 2.75) is 13.8 Å². The lowest BCUT2D eigenvalue weighted by Gasteiger charge is -2.09. The van der Waals surface area contributed by atoms with E-state index >= 15 is 0 Å². The molecule has 26 heavy (non-hydrogen) atoms. The number of nitrogens with zero attached hydrogens (tertiary/aromatic N) is 1. The molecule has 1 aromatic carbocycles. The molecule has 0 N–H and O–H groups in total. The van der Waals surface area contributed by atoms with Crippen LogP contribution in [-0.2, 0) is 4.74 Å². The van der Waals surface area contributed by atoms with Gasteiger partial charge in [-0.05, 0) is 43.7 Å². The van der Waals surface area contributed by atoms with Crippen LogP contribution in [0.5, 0.6) is 5.75 Å². The molecule has 2 heterocycles. The Morgan fingerprint density at radius 3 is 2.65 bits per heavy atom. The Labute approximate surface area is 150 Å². The van der Waals surface area contributed by atoms with Crippen molar-refractivity contribution in [2.75, 3.05) is 13.2 Å². The van der Waals surface area contributed by atoms with Gasteiger partial charge in [0, 0.05) is 11.8 Å². The molecule has 6 heteroatoms. The lowest BCUT2D eigenvalue weighted by molar-refractivity contribution is 0.0529. The lowest BCUT2D eigenvalue weighted by atomic mass is 10.0. The normalized spacial score (nSPS) is 10.7. The predicted octanol–water partition coefficient (Wildman–Crippen LogP) is 4.13. The Morgan fingerprint density at radius 2 is 2.00 bits per heavy atom. The highest BCUT2D eigenvalue weighted by molar-refractivity contribution is 6.09. The first-order valence-corrected chi connectivity index (χ1v) is 8.30. The van der Waals surface area contributed by atoms with Crippen molar-refractivity contribution < 1.29 is 23.5 Å². The number of rotatable bonds is 6. The Balaban J connectivity index is 2.30. The zero-order chi connectivity index (χ0) is 18.7. The summed E-state index contributed by atoms with van der Waals surface area (Å²) in [4.78, 5) is 24.3. The van der Waals surface area contributed by atoms with Gasteiger partial charge in [0.25, 0.3) is 0 Å². The average molecular weight is 355 g/mol. The van der Waals surface area contributed by atoms with Crippen molar-refractivity contribution in [3.05, 3.63) is 59.7 Å². The standard InChI is InChI=1S/C20H18FNO4/c1-3-25-17-9-8-13(11-14(17)21)18-16(12-23)22-10-6-5-7-15(22)19(18)20(24)26-4-2/h5-12H,3-4H2,1-2H3. The van der Waals surface area contributed by atoms with Gasteiger partial charge in [-0.2, -0.15) is 0 Å². The third-order valence-corrected chi connectivity index (χ3v) is 3.99. The smallest absolute Gasteiger partial charge is 0.340 e. The van der Waals surface area contributed by atoms with E-state index in [1.165, 1.54) is 12.1 Å². The number of fused-ring (bicyclic) bond motifs is 1. The van der Waals surface area contributed by atoms with Gasteiger partial charge in [0.2, 0.25) is 0 Å². The number of carbonyl (C=O) groups is 2. The van der Waals surface area contributed by atoms with Crippen LogP contribution in [0.15, 0.2) is 42.6 Å². The van der Waals surface area contributed by atoms with Gasteiger partial charge in [-0.3, -0.25) is 4.79 Å². The molecule has 0 aliphatic rings. The van der Waals surface area contributed by atoms with Crippen LogP contribution in [0.2, 0.25) is 0 Å². The predicted molar refractivity (Wildman–Crippen MR) is 95.3 cm³/mol. The molecule has 0 aliphatic heterocycles. The summed E-state index contributed by atoms with van der Waals surface area (Å²) in [7, 11) is 0. The first-order chi connectivity index (χ1) is 12.6. The summed E-state index contributed by atoms with van der Waals surface area (Å²) in [6.07, 6.45) is 2.33. The second-order valence-corrected chi connectivity index (χ2v) is 5.51. The van der Waals surface area contributed by atoms with Crippen LogP contribution in [-0.4, -0.2) is 29.9 Å². The van der Waals surface area contributed by atoms with E-state index in [0.29, 0.717) is 29.5 Å². The Morgan fingerprint density at radius 1 is 1.19 bits per heavy atom. The van der Waals surface area contributed by atoms with Crippen molar-refractivity contribution in [3.8, 4) is 16.9 Å². The van der Waals surface area contributed by atoms with Crippen LogP contribution < -0.4 is 4.74 Å². The molecule has 3 aromatic rings. The SMILES string of the molecule is CCOC(=O)c1c(-c2ccc(OCC)c(F)c2)c(C=O)n2ccccc12. The third kappa shape index (κ3) is 2.94. The van der Waals surface area contributed by atoms with E-state index in [1.54, 1.807) is 48.7 Å². The van der Waals surface area contributed by atoms with Crippen molar-refractivity contribution >= 4 is 17.8 Å². The van der Waals surface area contributed by atoms with E-state index in [-0.39, 0.29) is 23.6 Å². The van der Waals surface area contributed by atoms with E-state index in [0.717, 1.165) is 0 Å². The van der Waals surface area contributed by atoms with Crippen molar-refractivity contribution in [2.24, 2.45) is 0 Å². The molecule has 0 atom stereocenters. The highest BCUT2D eigenvalue weighted by Gasteiger charge is 2.25.